The monoisotopic (exact) mass is 169 g/mol. The lowest BCUT2D eigenvalue weighted by atomic mass is 10.2. The van der Waals surface area contributed by atoms with Crippen molar-refractivity contribution in [3.8, 4) is 0 Å². The number of alkyl halides is 2. The first kappa shape index (κ1) is 7.65. The summed E-state index contributed by atoms with van der Waals surface area (Å²) in [7, 11) is 0. The van der Waals surface area contributed by atoms with Crippen LogP contribution >= 0.6 is 0 Å². The molecular weight excluding hydrogens is 160 g/mol. The molecule has 3 heteroatoms. The number of nitrogens with zero attached hydrogens (tertiary/aromatic N) is 1. The molecule has 0 aromatic carbocycles. The zero-order valence-electron chi connectivity index (χ0n) is 6.77. The Morgan fingerprint density at radius 3 is 2.92 bits per heavy atom. The summed E-state index contributed by atoms with van der Waals surface area (Å²) < 4.78 is 26.1. The Bertz CT molecular complexity index is 320. The van der Waals surface area contributed by atoms with Gasteiger partial charge in [0.25, 0.3) is 5.92 Å². The number of rotatable bonds is 0. The van der Waals surface area contributed by atoms with Crippen molar-refractivity contribution in [2.45, 2.75) is 25.7 Å². The maximum absolute atomic E-state index is 13.1. The number of halogens is 2. The SMILES string of the molecule is Cc1ccc2c(n1)C(F)(F)CC2. The predicted octanol–water partition coefficient (Wildman–Crippen LogP) is 2.43. The number of pyridine rings is 1. The van der Waals surface area contributed by atoms with Crippen LogP contribution in [0.25, 0.3) is 0 Å². The molecule has 0 atom stereocenters. The van der Waals surface area contributed by atoms with Crippen LogP contribution in [0.1, 0.15) is 23.4 Å². The van der Waals surface area contributed by atoms with E-state index in [0.717, 1.165) is 0 Å². The molecule has 2 rings (SSSR count). The lowest BCUT2D eigenvalue weighted by Crippen LogP contribution is -2.10. The quantitative estimate of drug-likeness (QED) is 0.581. The topological polar surface area (TPSA) is 12.9 Å². The van der Waals surface area contributed by atoms with E-state index in [9.17, 15) is 8.78 Å². The van der Waals surface area contributed by atoms with Crippen LogP contribution in [0.15, 0.2) is 12.1 Å². The van der Waals surface area contributed by atoms with Gasteiger partial charge < -0.3 is 0 Å². The molecule has 0 spiro atoms. The summed E-state index contributed by atoms with van der Waals surface area (Å²) in [6.07, 6.45) is 0.369. The highest BCUT2D eigenvalue weighted by Gasteiger charge is 2.40. The lowest BCUT2D eigenvalue weighted by Gasteiger charge is -2.08. The maximum atomic E-state index is 13.1. The predicted molar refractivity (Wildman–Crippen MR) is 41.2 cm³/mol. The Kier molecular flexibility index (Phi) is 1.43. The van der Waals surface area contributed by atoms with Crippen molar-refractivity contribution in [3.63, 3.8) is 0 Å². The molecule has 1 heterocycles. The molecule has 0 amide bonds. The highest BCUT2D eigenvalue weighted by atomic mass is 19.3. The second-order valence-corrected chi connectivity index (χ2v) is 3.16. The van der Waals surface area contributed by atoms with Gasteiger partial charge in [-0.05, 0) is 25.0 Å². The lowest BCUT2D eigenvalue weighted by molar-refractivity contribution is -0.00604. The summed E-state index contributed by atoms with van der Waals surface area (Å²) >= 11 is 0. The Morgan fingerprint density at radius 2 is 2.17 bits per heavy atom. The van der Waals surface area contributed by atoms with Gasteiger partial charge in [-0.25, -0.2) is 0 Å². The van der Waals surface area contributed by atoms with Gasteiger partial charge >= 0.3 is 0 Å². The Morgan fingerprint density at radius 1 is 1.42 bits per heavy atom. The van der Waals surface area contributed by atoms with E-state index >= 15 is 0 Å². The second kappa shape index (κ2) is 2.25. The summed E-state index contributed by atoms with van der Waals surface area (Å²) in [4.78, 5) is 3.86. The van der Waals surface area contributed by atoms with Crippen LogP contribution in [0.3, 0.4) is 0 Å². The fourth-order valence-electron chi connectivity index (χ4n) is 1.51. The summed E-state index contributed by atoms with van der Waals surface area (Å²) in [5, 5.41) is 0. The van der Waals surface area contributed by atoms with Crippen LogP contribution in [0, 0.1) is 6.92 Å². The second-order valence-electron chi connectivity index (χ2n) is 3.16. The third-order valence-corrected chi connectivity index (χ3v) is 2.17. The van der Waals surface area contributed by atoms with E-state index in [4.69, 9.17) is 0 Å². The number of aryl methyl sites for hydroxylation is 2. The van der Waals surface area contributed by atoms with E-state index in [-0.39, 0.29) is 12.1 Å². The average molecular weight is 169 g/mol. The summed E-state index contributed by atoms with van der Waals surface area (Å²) in [5.41, 5.74) is 1.35. The van der Waals surface area contributed by atoms with Crippen molar-refractivity contribution >= 4 is 0 Å². The highest BCUT2D eigenvalue weighted by molar-refractivity contribution is 5.30. The molecule has 0 aliphatic heterocycles. The number of hydrogen-bond acceptors (Lipinski definition) is 1. The Labute approximate surface area is 69.4 Å². The average Bonchev–Trinajstić information content (AvgIpc) is 2.28. The molecule has 64 valence electrons. The fraction of sp³-hybridized carbons (Fsp3) is 0.444. The van der Waals surface area contributed by atoms with Gasteiger partial charge in [0.05, 0.1) is 0 Å². The van der Waals surface area contributed by atoms with Crippen molar-refractivity contribution in [1.82, 2.24) is 4.98 Å². The van der Waals surface area contributed by atoms with Crippen LogP contribution in [0.4, 0.5) is 8.78 Å². The van der Waals surface area contributed by atoms with Crippen LogP contribution in [-0.4, -0.2) is 4.98 Å². The molecular formula is C9H9F2N. The molecule has 1 aromatic rings. The first-order chi connectivity index (χ1) is 5.59. The molecule has 0 radical (unpaired) electrons. The molecule has 0 bridgehead atoms. The molecule has 0 saturated carbocycles. The van der Waals surface area contributed by atoms with Gasteiger partial charge in [-0.2, -0.15) is 8.78 Å². The van der Waals surface area contributed by atoms with Gasteiger partial charge in [-0.15, -0.1) is 0 Å². The van der Waals surface area contributed by atoms with Gasteiger partial charge in [0.2, 0.25) is 0 Å². The third kappa shape index (κ3) is 1.00. The molecule has 0 saturated heterocycles. The van der Waals surface area contributed by atoms with E-state index < -0.39 is 5.92 Å². The van der Waals surface area contributed by atoms with Crippen molar-refractivity contribution in [3.05, 3.63) is 29.1 Å². The zero-order valence-corrected chi connectivity index (χ0v) is 6.77. The van der Waals surface area contributed by atoms with E-state index in [2.05, 4.69) is 4.98 Å². The summed E-state index contributed by atoms with van der Waals surface area (Å²) in [5.74, 6) is -2.69. The minimum atomic E-state index is -2.69. The van der Waals surface area contributed by atoms with Crippen molar-refractivity contribution in [1.29, 1.82) is 0 Å². The third-order valence-electron chi connectivity index (χ3n) is 2.17. The minimum Gasteiger partial charge on any atom is -0.252 e. The van der Waals surface area contributed by atoms with E-state index in [0.29, 0.717) is 17.7 Å². The zero-order chi connectivity index (χ0) is 8.77. The highest BCUT2D eigenvalue weighted by Crippen LogP contribution is 2.39. The van der Waals surface area contributed by atoms with Crippen LogP contribution < -0.4 is 0 Å². The smallest absolute Gasteiger partial charge is 0.252 e. The van der Waals surface area contributed by atoms with Crippen LogP contribution in [-0.2, 0) is 12.3 Å². The standard InChI is InChI=1S/C9H9F2N/c1-6-2-3-7-4-5-9(10,11)8(7)12-6/h2-3H,4-5H2,1H3. The summed E-state index contributed by atoms with van der Waals surface area (Å²) in [6, 6.07) is 3.53. The largest absolute Gasteiger partial charge is 0.290 e. The minimum absolute atomic E-state index is 0.0116. The Balaban J connectivity index is 2.57. The van der Waals surface area contributed by atoms with Crippen LogP contribution in [0.2, 0.25) is 0 Å². The molecule has 1 aliphatic rings. The molecule has 0 unspecified atom stereocenters. The molecule has 0 N–H and O–H groups in total. The summed E-state index contributed by atoms with van der Waals surface area (Å²) in [6.45, 7) is 1.73. The normalized spacial score (nSPS) is 19.2. The fourth-order valence-corrected chi connectivity index (χ4v) is 1.51. The van der Waals surface area contributed by atoms with Crippen molar-refractivity contribution in [2.75, 3.05) is 0 Å². The van der Waals surface area contributed by atoms with Gasteiger partial charge in [0, 0.05) is 12.1 Å². The molecule has 12 heavy (non-hydrogen) atoms. The Hall–Kier alpha value is -0.990. The number of aromatic nitrogens is 1. The first-order valence-corrected chi connectivity index (χ1v) is 3.94. The first-order valence-electron chi connectivity index (χ1n) is 3.94. The molecule has 1 aliphatic carbocycles. The van der Waals surface area contributed by atoms with E-state index in [1.807, 2.05) is 0 Å². The molecule has 1 aromatic heterocycles. The maximum Gasteiger partial charge on any atom is 0.290 e. The van der Waals surface area contributed by atoms with Crippen LogP contribution in [0.5, 0.6) is 0 Å². The van der Waals surface area contributed by atoms with Gasteiger partial charge in [-0.1, -0.05) is 6.07 Å². The van der Waals surface area contributed by atoms with E-state index in [1.165, 1.54) is 0 Å². The van der Waals surface area contributed by atoms with Gasteiger partial charge in [0.1, 0.15) is 5.69 Å². The molecule has 0 fully saturated rings. The van der Waals surface area contributed by atoms with Gasteiger partial charge in [0.15, 0.2) is 0 Å². The number of fused-ring (bicyclic) bond motifs is 1. The molecule has 1 nitrogen and oxygen atoms in total. The van der Waals surface area contributed by atoms with Crippen molar-refractivity contribution in [2.24, 2.45) is 0 Å². The van der Waals surface area contributed by atoms with Gasteiger partial charge in [-0.3, -0.25) is 4.98 Å². The van der Waals surface area contributed by atoms with E-state index in [1.54, 1.807) is 19.1 Å². The van der Waals surface area contributed by atoms with Crippen molar-refractivity contribution < 1.29 is 8.78 Å². The number of hydrogen-bond donors (Lipinski definition) is 0.